The smallest absolute Gasteiger partial charge is 0.267 e. The maximum atomic E-state index is 12.9. The number of carbonyl (C=O) groups is 2. The minimum atomic E-state index is -4.07. The molecule has 1 saturated heterocycles. The molecule has 3 rings (SSSR count). The van der Waals surface area contributed by atoms with Crippen molar-refractivity contribution in [2.75, 3.05) is 0 Å². The van der Waals surface area contributed by atoms with Crippen molar-refractivity contribution in [1.29, 1.82) is 0 Å². The lowest BCUT2D eigenvalue weighted by Gasteiger charge is -2.23. The molecule has 2 aromatic rings. The van der Waals surface area contributed by atoms with Crippen LogP contribution in [0.2, 0.25) is 0 Å². The third kappa shape index (κ3) is 3.60. The summed E-state index contributed by atoms with van der Waals surface area (Å²) in [4.78, 5) is 28.7. The molecule has 8 heteroatoms. The lowest BCUT2D eigenvalue weighted by atomic mass is 10.2. The van der Waals surface area contributed by atoms with Crippen LogP contribution in [0, 0.1) is 6.92 Å². The number of hydrogen-bond acceptors (Lipinski definition) is 5. The largest absolute Gasteiger partial charge is 0.350 e. The van der Waals surface area contributed by atoms with Crippen LogP contribution in [0.5, 0.6) is 0 Å². The minimum absolute atomic E-state index is 0.00316. The highest BCUT2D eigenvalue weighted by molar-refractivity contribution is 7.89. The molecule has 0 radical (unpaired) electrons. The molecule has 1 fully saturated rings. The third-order valence-electron chi connectivity index (χ3n) is 4.23. The lowest BCUT2D eigenvalue weighted by Crippen LogP contribution is -2.47. The van der Waals surface area contributed by atoms with E-state index in [1.807, 2.05) is 6.92 Å². The van der Waals surface area contributed by atoms with E-state index in [2.05, 4.69) is 10.3 Å². The second-order valence-corrected chi connectivity index (χ2v) is 7.96. The van der Waals surface area contributed by atoms with E-state index in [0.29, 0.717) is 0 Å². The summed E-state index contributed by atoms with van der Waals surface area (Å²) in [5, 5.41) is 2.69. The van der Waals surface area contributed by atoms with E-state index in [-0.39, 0.29) is 24.3 Å². The molecule has 1 atom stereocenters. The zero-order valence-corrected chi connectivity index (χ0v) is 15.1. The van der Waals surface area contributed by atoms with Crippen LogP contribution in [-0.2, 0) is 26.2 Å². The third-order valence-corrected chi connectivity index (χ3v) is 6.07. The zero-order chi connectivity index (χ0) is 18.7. The SMILES string of the molecule is Cc1ccc(S(=O)(=O)N2C(=O)CC[C@@H]2C(=O)NCc2cccnc2)cc1. The number of amides is 2. The molecular formula is C18H19N3O4S. The van der Waals surface area contributed by atoms with Gasteiger partial charge in [0, 0.05) is 25.4 Å². The number of sulfonamides is 1. The number of pyridine rings is 1. The Morgan fingerprint density at radius 1 is 1.27 bits per heavy atom. The Morgan fingerprint density at radius 3 is 2.65 bits per heavy atom. The van der Waals surface area contributed by atoms with Crippen LogP contribution >= 0.6 is 0 Å². The summed E-state index contributed by atoms with van der Waals surface area (Å²) in [6.45, 7) is 2.06. The first-order valence-corrected chi connectivity index (χ1v) is 9.64. The first-order valence-electron chi connectivity index (χ1n) is 8.20. The van der Waals surface area contributed by atoms with Gasteiger partial charge in [0.15, 0.2) is 0 Å². The van der Waals surface area contributed by atoms with Crippen molar-refractivity contribution in [2.45, 2.75) is 37.2 Å². The molecule has 26 heavy (non-hydrogen) atoms. The molecule has 2 heterocycles. The Balaban J connectivity index is 1.79. The molecule has 1 aliphatic rings. The number of rotatable bonds is 5. The Labute approximate surface area is 152 Å². The normalized spacial score (nSPS) is 17.3. The second kappa shape index (κ2) is 7.25. The van der Waals surface area contributed by atoms with Crippen molar-refractivity contribution in [2.24, 2.45) is 0 Å². The summed E-state index contributed by atoms with van der Waals surface area (Å²) < 4.78 is 26.4. The molecule has 0 saturated carbocycles. The standard InChI is InChI=1S/C18H19N3O4S/c1-13-4-6-15(7-5-13)26(24,25)21-16(8-9-17(21)22)18(23)20-12-14-3-2-10-19-11-14/h2-7,10-11,16H,8-9,12H2,1H3,(H,20,23)/t16-/m1/s1. The maximum absolute atomic E-state index is 12.9. The number of hydrogen-bond donors (Lipinski definition) is 1. The van der Waals surface area contributed by atoms with E-state index in [1.165, 1.54) is 12.1 Å². The van der Waals surface area contributed by atoms with Gasteiger partial charge in [-0.3, -0.25) is 14.6 Å². The molecule has 136 valence electrons. The summed E-state index contributed by atoms with van der Waals surface area (Å²) in [7, 11) is -4.07. The number of aryl methyl sites for hydroxylation is 1. The molecule has 7 nitrogen and oxygen atoms in total. The molecule has 0 aliphatic carbocycles. The van der Waals surface area contributed by atoms with Gasteiger partial charge in [0.2, 0.25) is 11.8 Å². The van der Waals surface area contributed by atoms with E-state index in [0.717, 1.165) is 15.4 Å². The Hall–Kier alpha value is -2.74. The zero-order valence-electron chi connectivity index (χ0n) is 14.3. The molecule has 1 N–H and O–H groups in total. The van der Waals surface area contributed by atoms with Gasteiger partial charge in [-0.25, -0.2) is 12.7 Å². The van der Waals surface area contributed by atoms with Gasteiger partial charge in [0.25, 0.3) is 10.0 Å². The van der Waals surface area contributed by atoms with Crippen molar-refractivity contribution in [3.05, 3.63) is 59.9 Å². The quantitative estimate of drug-likeness (QED) is 0.854. The van der Waals surface area contributed by atoms with Crippen molar-refractivity contribution in [1.82, 2.24) is 14.6 Å². The van der Waals surface area contributed by atoms with Crippen LogP contribution in [0.1, 0.15) is 24.0 Å². The molecule has 0 bridgehead atoms. The first kappa shape index (κ1) is 18.1. The van der Waals surface area contributed by atoms with Crippen LogP contribution < -0.4 is 5.32 Å². The number of carbonyl (C=O) groups excluding carboxylic acids is 2. The van der Waals surface area contributed by atoms with Gasteiger partial charge >= 0.3 is 0 Å². The molecule has 0 unspecified atom stereocenters. The summed E-state index contributed by atoms with van der Waals surface area (Å²) in [5.74, 6) is -1.05. The highest BCUT2D eigenvalue weighted by Gasteiger charge is 2.44. The van der Waals surface area contributed by atoms with Crippen LogP contribution in [0.25, 0.3) is 0 Å². The van der Waals surface area contributed by atoms with Gasteiger partial charge in [0.1, 0.15) is 6.04 Å². The fraction of sp³-hybridized carbons (Fsp3) is 0.278. The maximum Gasteiger partial charge on any atom is 0.267 e. The van der Waals surface area contributed by atoms with Crippen molar-refractivity contribution in [3.8, 4) is 0 Å². The predicted octanol–water partition coefficient (Wildman–Crippen LogP) is 1.39. The summed E-state index contributed by atoms with van der Waals surface area (Å²) in [6.07, 6.45) is 3.43. The minimum Gasteiger partial charge on any atom is -0.350 e. The van der Waals surface area contributed by atoms with Gasteiger partial charge in [-0.15, -0.1) is 0 Å². The summed E-state index contributed by atoms with van der Waals surface area (Å²) in [6, 6.07) is 8.71. The van der Waals surface area contributed by atoms with Crippen molar-refractivity contribution in [3.63, 3.8) is 0 Å². The number of benzene rings is 1. The fourth-order valence-electron chi connectivity index (χ4n) is 2.83. The molecule has 1 aromatic heterocycles. The number of nitrogens with zero attached hydrogens (tertiary/aromatic N) is 2. The average Bonchev–Trinajstić information content (AvgIpc) is 3.03. The Morgan fingerprint density at radius 2 is 2.00 bits per heavy atom. The molecule has 1 aliphatic heterocycles. The summed E-state index contributed by atoms with van der Waals surface area (Å²) >= 11 is 0. The first-order chi connectivity index (χ1) is 12.4. The van der Waals surface area contributed by atoms with Crippen molar-refractivity contribution >= 4 is 21.8 Å². The van der Waals surface area contributed by atoms with Gasteiger partial charge < -0.3 is 5.32 Å². The van der Waals surface area contributed by atoms with Gasteiger partial charge in [-0.2, -0.15) is 0 Å². The monoisotopic (exact) mass is 373 g/mol. The topological polar surface area (TPSA) is 96.4 Å². The van der Waals surface area contributed by atoms with E-state index < -0.39 is 27.9 Å². The highest BCUT2D eigenvalue weighted by atomic mass is 32.2. The summed E-state index contributed by atoms with van der Waals surface area (Å²) in [5.41, 5.74) is 1.69. The fourth-order valence-corrected chi connectivity index (χ4v) is 4.44. The lowest BCUT2D eigenvalue weighted by molar-refractivity contribution is -0.130. The van der Waals surface area contributed by atoms with E-state index >= 15 is 0 Å². The Bertz CT molecular complexity index is 911. The molecule has 2 amide bonds. The van der Waals surface area contributed by atoms with Gasteiger partial charge in [0.05, 0.1) is 4.90 Å². The average molecular weight is 373 g/mol. The van der Waals surface area contributed by atoms with Crippen LogP contribution in [-0.4, -0.2) is 35.6 Å². The van der Waals surface area contributed by atoms with E-state index in [4.69, 9.17) is 0 Å². The van der Waals surface area contributed by atoms with Gasteiger partial charge in [-0.05, 0) is 37.1 Å². The number of aromatic nitrogens is 1. The highest BCUT2D eigenvalue weighted by Crippen LogP contribution is 2.27. The molecule has 0 spiro atoms. The Kier molecular flexibility index (Phi) is 5.03. The van der Waals surface area contributed by atoms with Crippen LogP contribution in [0.3, 0.4) is 0 Å². The van der Waals surface area contributed by atoms with Crippen LogP contribution in [0.4, 0.5) is 0 Å². The van der Waals surface area contributed by atoms with E-state index in [9.17, 15) is 18.0 Å². The van der Waals surface area contributed by atoms with Crippen LogP contribution in [0.15, 0.2) is 53.7 Å². The van der Waals surface area contributed by atoms with Gasteiger partial charge in [-0.1, -0.05) is 23.8 Å². The molecular weight excluding hydrogens is 354 g/mol. The number of nitrogens with one attached hydrogen (secondary N) is 1. The van der Waals surface area contributed by atoms with E-state index in [1.54, 1.807) is 36.7 Å². The second-order valence-electron chi connectivity index (χ2n) is 6.14. The molecule has 1 aromatic carbocycles. The van der Waals surface area contributed by atoms with Crippen molar-refractivity contribution < 1.29 is 18.0 Å². The predicted molar refractivity (Wildman–Crippen MR) is 94.3 cm³/mol.